The van der Waals surface area contributed by atoms with Gasteiger partial charge in [-0.05, 0) is 31.4 Å². The third-order valence-corrected chi connectivity index (χ3v) is 3.80. The highest BCUT2D eigenvalue weighted by Crippen LogP contribution is 2.25. The Labute approximate surface area is 123 Å². The molecule has 2 heterocycles. The number of nitrogens with zero attached hydrogens (tertiary/aromatic N) is 3. The Morgan fingerprint density at radius 2 is 2.33 bits per heavy atom. The van der Waals surface area contributed by atoms with E-state index in [-0.39, 0.29) is 5.91 Å². The van der Waals surface area contributed by atoms with E-state index in [1.807, 2.05) is 31.2 Å². The lowest BCUT2D eigenvalue weighted by molar-refractivity contribution is -0.139. The van der Waals surface area contributed by atoms with Crippen LogP contribution in [0.4, 0.5) is 0 Å². The molecule has 0 spiro atoms. The molecule has 1 aliphatic heterocycles. The molecule has 1 N–H and O–H groups in total. The number of carbonyl (C=O) groups excluding carboxylic acids is 1. The average molecular weight is 286 g/mol. The summed E-state index contributed by atoms with van der Waals surface area (Å²) >= 11 is 0. The molecule has 1 amide bonds. The Morgan fingerprint density at radius 3 is 3.05 bits per heavy atom. The zero-order valence-electron chi connectivity index (χ0n) is 12.0. The summed E-state index contributed by atoms with van der Waals surface area (Å²) in [6.45, 7) is 2.94. The molecule has 0 saturated carbocycles. The summed E-state index contributed by atoms with van der Waals surface area (Å²) in [5.41, 5.74) is 1.20. The van der Waals surface area contributed by atoms with Gasteiger partial charge >= 0.3 is 0 Å². The lowest BCUT2D eigenvalue weighted by atomic mass is 10.0. The number of carbonyl (C=O) groups is 1. The van der Waals surface area contributed by atoms with E-state index in [0.29, 0.717) is 13.2 Å². The first kappa shape index (κ1) is 13.8. The van der Waals surface area contributed by atoms with Crippen LogP contribution in [-0.4, -0.2) is 32.9 Å². The van der Waals surface area contributed by atoms with Crippen molar-refractivity contribution in [2.45, 2.75) is 31.9 Å². The second-order valence-electron chi connectivity index (χ2n) is 5.33. The zero-order chi connectivity index (χ0) is 14.7. The van der Waals surface area contributed by atoms with Crippen LogP contribution in [0.5, 0.6) is 0 Å². The van der Waals surface area contributed by atoms with E-state index >= 15 is 0 Å². The minimum absolute atomic E-state index is 0.0617. The number of ether oxygens (including phenoxy) is 1. The summed E-state index contributed by atoms with van der Waals surface area (Å²) in [4.78, 5) is 16.2. The molecule has 1 saturated heterocycles. The number of hydrogen-bond acceptors (Lipinski definition) is 4. The van der Waals surface area contributed by atoms with Gasteiger partial charge in [-0.15, -0.1) is 0 Å². The minimum Gasteiger partial charge on any atom is -0.365 e. The van der Waals surface area contributed by atoms with Gasteiger partial charge in [0.2, 0.25) is 0 Å². The number of amides is 1. The fourth-order valence-electron chi connectivity index (χ4n) is 2.54. The highest BCUT2D eigenvalue weighted by Gasteiger charge is 2.37. The molecule has 1 aromatic heterocycles. The van der Waals surface area contributed by atoms with Crippen LogP contribution in [-0.2, 0) is 16.1 Å². The summed E-state index contributed by atoms with van der Waals surface area (Å²) in [6.07, 6.45) is 4.83. The van der Waals surface area contributed by atoms with Crippen molar-refractivity contribution in [2.24, 2.45) is 0 Å². The van der Waals surface area contributed by atoms with Crippen molar-refractivity contribution in [1.29, 1.82) is 0 Å². The zero-order valence-corrected chi connectivity index (χ0v) is 12.0. The average Bonchev–Trinajstić information content (AvgIpc) is 3.17. The second kappa shape index (κ2) is 5.65. The van der Waals surface area contributed by atoms with Crippen molar-refractivity contribution in [2.75, 3.05) is 6.61 Å². The van der Waals surface area contributed by atoms with Crippen LogP contribution >= 0.6 is 0 Å². The maximum atomic E-state index is 12.3. The highest BCUT2D eigenvalue weighted by molar-refractivity contribution is 5.85. The summed E-state index contributed by atoms with van der Waals surface area (Å²) in [5, 5.41) is 7.09. The predicted octanol–water partition coefficient (Wildman–Crippen LogP) is 1.45. The summed E-state index contributed by atoms with van der Waals surface area (Å²) in [7, 11) is 0. The van der Waals surface area contributed by atoms with Gasteiger partial charge in [-0.1, -0.05) is 18.2 Å². The molecule has 0 unspecified atom stereocenters. The molecule has 6 nitrogen and oxygen atoms in total. The fraction of sp³-hybridized carbons (Fsp3) is 0.400. The summed E-state index contributed by atoms with van der Waals surface area (Å²) < 4.78 is 7.24. The van der Waals surface area contributed by atoms with Gasteiger partial charge in [0, 0.05) is 13.2 Å². The Balaban J connectivity index is 1.73. The minimum atomic E-state index is -0.692. The number of para-hydroxylation sites is 1. The normalized spacial score (nSPS) is 21.4. The third kappa shape index (κ3) is 2.80. The second-order valence-corrected chi connectivity index (χ2v) is 5.33. The van der Waals surface area contributed by atoms with Crippen molar-refractivity contribution in [1.82, 2.24) is 20.1 Å². The number of rotatable bonds is 4. The molecule has 1 fully saturated rings. The van der Waals surface area contributed by atoms with E-state index in [9.17, 15) is 4.79 Å². The van der Waals surface area contributed by atoms with Crippen molar-refractivity contribution < 1.29 is 9.53 Å². The first-order valence-electron chi connectivity index (χ1n) is 7.04. The SMILES string of the molecule is C[C@@]1(C(=O)NCc2ccccc2-n2cncn2)CCCO1. The molecule has 1 aromatic carbocycles. The molecule has 0 radical (unpaired) electrons. The van der Waals surface area contributed by atoms with E-state index in [0.717, 1.165) is 24.1 Å². The molecule has 6 heteroatoms. The van der Waals surface area contributed by atoms with Crippen LogP contribution < -0.4 is 5.32 Å². The quantitative estimate of drug-likeness (QED) is 0.923. The lowest BCUT2D eigenvalue weighted by Crippen LogP contribution is -2.43. The van der Waals surface area contributed by atoms with Crippen molar-refractivity contribution >= 4 is 5.91 Å². The van der Waals surface area contributed by atoms with Crippen molar-refractivity contribution in [3.63, 3.8) is 0 Å². The van der Waals surface area contributed by atoms with Crippen molar-refractivity contribution in [3.05, 3.63) is 42.5 Å². The van der Waals surface area contributed by atoms with Crippen LogP contribution in [0, 0.1) is 0 Å². The summed E-state index contributed by atoms with van der Waals surface area (Å²) in [6, 6.07) is 7.79. The van der Waals surface area contributed by atoms with E-state index in [1.54, 1.807) is 11.0 Å². The molecule has 110 valence electrons. The fourth-order valence-corrected chi connectivity index (χ4v) is 2.54. The molecular formula is C15H18N4O2. The number of hydrogen-bond donors (Lipinski definition) is 1. The van der Waals surface area contributed by atoms with Gasteiger partial charge in [0.05, 0.1) is 5.69 Å². The molecule has 1 aliphatic rings. The first-order chi connectivity index (χ1) is 10.2. The van der Waals surface area contributed by atoms with E-state index in [2.05, 4.69) is 15.4 Å². The van der Waals surface area contributed by atoms with Gasteiger partial charge in [0.25, 0.3) is 5.91 Å². The monoisotopic (exact) mass is 286 g/mol. The maximum Gasteiger partial charge on any atom is 0.252 e. The van der Waals surface area contributed by atoms with E-state index < -0.39 is 5.60 Å². The molecule has 21 heavy (non-hydrogen) atoms. The van der Waals surface area contributed by atoms with Crippen LogP contribution in [0.2, 0.25) is 0 Å². The number of nitrogens with one attached hydrogen (secondary N) is 1. The van der Waals surface area contributed by atoms with Gasteiger partial charge in [-0.3, -0.25) is 4.79 Å². The Morgan fingerprint density at radius 1 is 1.48 bits per heavy atom. The van der Waals surface area contributed by atoms with E-state index in [4.69, 9.17) is 4.74 Å². The van der Waals surface area contributed by atoms with Gasteiger partial charge in [-0.2, -0.15) is 5.10 Å². The summed E-state index contributed by atoms with van der Waals surface area (Å²) in [5.74, 6) is -0.0617. The van der Waals surface area contributed by atoms with Crippen LogP contribution in [0.1, 0.15) is 25.3 Å². The molecular weight excluding hydrogens is 268 g/mol. The Hall–Kier alpha value is -2.21. The standard InChI is InChI=1S/C15H18N4O2/c1-15(7-4-8-21-15)14(20)17-9-12-5-2-3-6-13(12)19-11-16-10-18-19/h2-3,5-6,10-11H,4,7-9H2,1H3,(H,17,20)/t15-/m0/s1. The van der Waals surface area contributed by atoms with Crippen molar-refractivity contribution in [3.8, 4) is 5.69 Å². The largest absolute Gasteiger partial charge is 0.365 e. The van der Waals surface area contributed by atoms with Crippen LogP contribution in [0.25, 0.3) is 5.69 Å². The Kier molecular flexibility index (Phi) is 3.70. The van der Waals surface area contributed by atoms with Gasteiger partial charge in [0.15, 0.2) is 0 Å². The molecule has 2 aromatic rings. The molecule has 0 bridgehead atoms. The predicted molar refractivity (Wildman–Crippen MR) is 76.8 cm³/mol. The number of aromatic nitrogens is 3. The van der Waals surface area contributed by atoms with Gasteiger partial charge in [0.1, 0.15) is 18.3 Å². The Bertz CT molecular complexity index is 618. The molecule has 3 rings (SSSR count). The van der Waals surface area contributed by atoms with Crippen LogP contribution in [0.15, 0.2) is 36.9 Å². The molecule has 1 atom stereocenters. The van der Waals surface area contributed by atoms with E-state index in [1.165, 1.54) is 6.33 Å². The van der Waals surface area contributed by atoms with Gasteiger partial charge < -0.3 is 10.1 Å². The third-order valence-electron chi connectivity index (χ3n) is 3.80. The first-order valence-corrected chi connectivity index (χ1v) is 7.04. The smallest absolute Gasteiger partial charge is 0.252 e. The molecule has 0 aliphatic carbocycles. The topological polar surface area (TPSA) is 69.0 Å². The highest BCUT2D eigenvalue weighted by atomic mass is 16.5. The van der Waals surface area contributed by atoms with Crippen LogP contribution in [0.3, 0.4) is 0 Å². The number of benzene rings is 1. The lowest BCUT2D eigenvalue weighted by Gasteiger charge is -2.22. The van der Waals surface area contributed by atoms with Gasteiger partial charge in [-0.25, -0.2) is 9.67 Å². The maximum absolute atomic E-state index is 12.3.